The zero-order valence-corrected chi connectivity index (χ0v) is 11.8. The molecule has 0 saturated heterocycles. The normalized spacial score (nSPS) is 17.0. The van der Waals surface area contributed by atoms with E-state index in [1.807, 2.05) is 30.3 Å². The van der Waals surface area contributed by atoms with E-state index in [0.29, 0.717) is 24.2 Å². The van der Waals surface area contributed by atoms with E-state index in [-0.39, 0.29) is 5.82 Å². The zero-order chi connectivity index (χ0) is 15.4. The number of allylic oxidation sites excluding steroid dienone is 2. The summed E-state index contributed by atoms with van der Waals surface area (Å²) < 4.78 is 27.1. The molecule has 1 N–H and O–H groups in total. The number of aryl methyl sites for hydroxylation is 2. The number of aromatic nitrogens is 2. The quantitative estimate of drug-likeness (QED) is 0.882. The van der Waals surface area contributed by atoms with Gasteiger partial charge in [-0.15, -0.1) is 0 Å². The molecule has 0 spiro atoms. The van der Waals surface area contributed by atoms with Gasteiger partial charge >= 0.3 is 0 Å². The summed E-state index contributed by atoms with van der Waals surface area (Å²) in [7, 11) is 0. The van der Waals surface area contributed by atoms with Crippen LogP contribution in [0.4, 0.5) is 8.78 Å². The third-order valence-electron chi connectivity index (χ3n) is 3.31. The molecule has 2 aromatic rings. The Hall–Kier alpha value is -2.56. The highest BCUT2D eigenvalue weighted by molar-refractivity contribution is 5.58. The molecule has 1 aromatic heterocycles. The highest BCUT2D eigenvalue weighted by Crippen LogP contribution is 2.15. The minimum Gasteiger partial charge on any atom is -0.349 e. The molecule has 1 aliphatic heterocycles. The second-order valence-electron chi connectivity index (χ2n) is 4.90. The van der Waals surface area contributed by atoms with E-state index in [0.717, 1.165) is 11.8 Å². The van der Waals surface area contributed by atoms with Crippen molar-refractivity contribution in [2.45, 2.75) is 19.1 Å². The number of alkyl halides is 1. The first-order valence-electron chi connectivity index (χ1n) is 6.99. The van der Waals surface area contributed by atoms with Crippen molar-refractivity contribution in [2.75, 3.05) is 0 Å². The van der Waals surface area contributed by atoms with E-state index >= 15 is 0 Å². The third-order valence-corrected chi connectivity index (χ3v) is 3.31. The maximum Gasteiger partial charge on any atom is 0.189 e. The average molecular weight is 298 g/mol. The molecule has 0 aliphatic carbocycles. The van der Waals surface area contributed by atoms with Crippen LogP contribution in [0.25, 0.3) is 5.70 Å². The number of halogens is 2. The average Bonchev–Trinajstić information content (AvgIpc) is 2.55. The van der Waals surface area contributed by atoms with Gasteiger partial charge in [-0.25, -0.2) is 18.7 Å². The van der Waals surface area contributed by atoms with Crippen molar-refractivity contribution >= 4 is 5.70 Å². The Balaban J connectivity index is 1.78. The molecule has 0 fully saturated rings. The van der Waals surface area contributed by atoms with Crippen LogP contribution in [0.2, 0.25) is 0 Å². The lowest BCUT2D eigenvalue weighted by atomic mass is 10.1. The van der Waals surface area contributed by atoms with E-state index < -0.39 is 12.1 Å². The van der Waals surface area contributed by atoms with Gasteiger partial charge in [0.2, 0.25) is 0 Å². The fraction of sp³-hybridized carbons (Fsp3) is 0.176. The fourth-order valence-electron chi connectivity index (χ4n) is 2.18. The van der Waals surface area contributed by atoms with Gasteiger partial charge in [-0.1, -0.05) is 36.4 Å². The number of benzene rings is 1. The molecule has 1 aliphatic rings. The van der Waals surface area contributed by atoms with Gasteiger partial charge in [0.15, 0.2) is 17.9 Å². The molecule has 3 nitrogen and oxygen atoms in total. The van der Waals surface area contributed by atoms with Crippen LogP contribution in [0.5, 0.6) is 0 Å². The summed E-state index contributed by atoms with van der Waals surface area (Å²) in [4.78, 5) is 8.10. The Morgan fingerprint density at radius 1 is 1.18 bits per heavy atom. The minimum absolute atomic E-state index is 0.247. The van der Waals surface area contributed by atoms with Crippen LogP contribution in [0.3, 0.4) is 0 Å². The standard InChI is InChI=1S/C17H14F2N3/c18-13-11-20-17(15-7-4-8-16(19)21-15)22-14(13)10-9-12-5-2-1-3-6-12/h1-6,8,11,16,21H,9-10H2. The summed E-state index contributed by atoms with van der Waals surface area (Å²) in [6, 6.07) is 9.78. The maximum atomic E-state index is 13.9. The second-order valence-corrected chi connectivity index (χ2v) is 4.90. The van der Waals surface area contributed by atoms with Gasteiger partial charge in [0.05, 0.1) is 17.6 Å². The summed E-state index contributed by atoms with van der Waals surface area (Å²) in [5.74, 6) is -0.208. The molecule has 1 radical (unpaired) electrons. The Labute approximate surface area is 127 Å². The Kier molecular flexibility index (Phi) is 4.23. The highest BCUT2D eigenvalue weighted by atomic mass is 19.1. The molecule has 1 atom stereocenters. The predicted octanol–water partition coefficient (Wildman–Crippen LogP) is 3.00. The highest BCUT2D eigenvalue weighted by Gasteiger charge is 2.15. The Morgan fingerprint density at radius 3 is 2.77 bits per heavy atom. The van der Waals surface area contributed by atoms with Crippen molar-refractivity contribution in [3.05, 3.63) is 77.7 Å². The molecule has 22 heavy (non-hydrogen) atoms. The Bertz CT molecular complexity index is 711. The first-order chi connectivity index (χ1) is 10.7. The molecule has 0 saturated carbocycles. The zero-order valence-electron chi connectivity index (χ0n) is 11.8. The fourth-order valence-corrected chi connectivity index (χ4v) is 2.18. The summed E-state index contributed by atoms with van der Waals surface area (Å²) in [6.45, 7) is 0. The van der Waals surface area contributed by atoms with Gasteiger partial charge in [0.1, 0.15) is 0 Å². The van der Waals surface area contributed by atoms with Gasteiger partial charge in [-0.3, -0.25) is 0 Å². The molecular weight excluding hydrogens is 284 g/mol. The molecule has 5 heteroatoms. The van der Waals surface area contributed by atoms with E-state index in [4.69, 9.17) is 0 Å². The van der Waals surface area contributed by atoms with Gasteiger partial charge in [-0.05, 0) is 24.5 Å². The first-order valence-corrected chi connectivity index (χ1v) is 6.99. The number of rotatable bonds is 4. The monoisotopic (exact) mass is 298 g/mol. The smallest absolute Gasteiger partial charge is 0.189 e. The SMILES string of the molecule is Fc1cnc(C2=[C]C=CC(F)N2)nc1CCc1ccccc1. The van der Waals surface area contributed by atoms with E-state index in [9.17, 15) is 8.78 Å². The molecule has 2 heterocycles. The molecule has 0 amide bonds. The lowest BCUT2D eigenvalue weighted by molar-refractivity contribution is 0.369. The molecule has 1 unspecified atom stereocenters. The van der Waals surface area contributed by atoms with Crippen molar-refractivity contribution in [1.29, 1.82) is 0 Å². The number of nitrogens with zero attached hydrogens (tertiary/aromatic N) is 2. The first kappa shape index (κ1) is 14.4. The van der Waals surface area contributed by atoms with Crippen LogP contribution < -0.4 is 5.32 Å². The summed E-state index contributed by atoms with van der Waals surface area (Å²) in [5, 5.41) is 2.56. The maximum absolute atomic E-state index is 13.9. The van der Waals surface area contributed by atoms with Crippen LogP contribution in [-0.2, 0) is 12.8 Å². The van der Waals surface area contributed by atoms with Crippen molar-refractivity contribution in [3.63, 3.8) is 0 Å². The summed E-state index contributed by atoms with van der Waals surface area (Å²) >= 11 is 0. The molecular formula is C17H14F2N3. The van der Waals surface area contributed by atoms with E-state index in [2.05, 4.69) is 21.4 Å². The minimum atomic E-state index is -1.31. The van der Waals surface area contributed by atoms with Gasteiger partial charge in [0.25, 0.3) is 0 Å². The van der Waals surface area contributed by atoms with Crippen LogP contribution in [0.1, 0.15) is 17.1 Å². The number of dihydropyridines is 1. The van der Waals surface area contributed by atoms with Crippen molar-refractivity contribution in [2.24, 2.45) is 0 Å². The van der Waals surface area contributed by atoms with E-state index in [1.165, 1.54) is 12.2 Å². The van der Waals surface area contributed by atoms with Crippen molar-refractivity contribution < 1.29 is 8.78 Å². The van der Waals surface area contributed by atoms with Crippen molar-refractivity contribution in [1.82, 2.24) is 15.3 Å². The van der Waals surface area contributed by atoms with Gasteiger partial charge in [-0.2, -0.15) is 0 Å². The molecule has 3 rings (SSSR count). The third kappa shape index (κ3) is 3.36. The lowest BCUT2D eigenvalue weighted by Crippen LogP contribution is -2.24. The summed E-state index contributed by atoms with van der Waals surface area (Å²) in [6.07, 6.45) is 6.55. The van der Waals surface area contributed by atoms with Crippen LogP contribution in [0.15, 0.2) is 48.7 Å². The number of hydrogen-bond acceptors (Lipinski definition) is 3. The van der Waals surface area contributed by atoms with Crippen LogP contribution >= 0.6 is 0 Å². The van der Waals surface area contributed by atoms with Crippen LogP contribution in [0, 0.1) is 11.9 Å². The van der Waals surface area contributed by atoms with Gasteiger partial charge < -0.3 is 5.32 Å². The summed E-state index contributed by atoms with van der Waals surface area (Å²) in [5.41, 5.74) is 1.75. The molecule has 1 aromatic carbocycles. The largest absolute Gasteiger partial charge is 0.349 e. The van der Waals surface area contributed by atoms with E-state index in [1.54, 1.807) is 0 Å². The molecule has 0 bridgehead atoms. The molecule has 111 valence electrons. The van der Waals surface area contributed by atoms with Gasteiger partial charge in [0, 0.05) is 6.08 Å². The second kappa shape index (κ2) is 6.47. The Morgan fingerprint density at radius 2 is 2.00 bits per heavy atom. The van der Waals surface area contributed by atoms with Crippen molar-refractivity contribution in [3.8, 4) is 0 Å². The van der Waals surface area contributed by atoms with Crippen LogP contribution in [-0.4, -0.2) is 16.3 Å². The number of nitrogens with one attached hydrogen (secondary N) is 1. The number of hydrogen-bond donors (Lipinski definition) is 1. The lowest BCUT2D eigenvalue weighted by Gasteiger charge is -2.14. The predicted molar refractivity (Wildman–Crippen MR) is 79.7 cm³/mol. The topological polar surface area (TPSA) is 37.8 Å².